The average molecular weight is 297 g/mol. The quantitative estimate of drug-likeness (QED) is 0.897. The van der Waals surface area contributed by atoms with E-state index >= 15 is 0 Å². The molecule has 1 heterocycles. The zero-order valence-corrected chi connectivity index (χ0v) is 12.6. The van der Waals surface area contributed by atoms with E-state index in [9.17, 15) is 4.39 Å². The van der Waals surface area contributed by atoms with E-state index in [0.717, 1.165) is 31.6 Å². The minimum Gasteiger partial charge on any atom is -0.310 e. The predicted octanol–water partition coefficient (Wildman–Crippen LogP) is 3.59. The summed E-state index contributed by atoms with van der Waals surface area (Å²) in [6, 6.07) is 5.01. The van der Waals surface area contributed by atoms with Crippen LogP contribution < -0.4 is 5.32 Å². The van der Waals surface area contributed by atoms with Crippen LogP contribution in [0.4, 0.5) is 4.39 Å². The summed E-state index contributed by atoms with van der Waals surface area (Å²) in [5, 5.41) is 4.21. The Morgan fingerprint density at radius 3 is 2.80 bits per heavy atom. The van der Waals surface area contributed by atoms with Crippen LogP contribution in [0, 0.1) is 5.82 Å². The van der Waals surface area contributed by atoms with E-state index in [0.29, 0.717) is 11.6 Å². The molecule has 0 amide bonds. The Labute approximate surface area is 125 Å². The average Bonchev–Trinajstić information content (AvgIpc) is 2.76. The second kappa shape index (κ2) is 6.00. The van der Waals surface area contributed by atoms with E-state index in [1.165, 1.54) is 31.7 Å². The lowest BCUT2D eigenvalue weighted by molar-refractivity contribution is 0.201. The van der Waals surface area contributed by atoms with E-state index in [4.69, 9.17) is 11.6 Å². The monoisotopic (exact) mass is 296 g/mol. The van der Waals surface area contributed by atoms with Gasteiger partial charge >= 0.3 is 0 Å². The molecule has 110 valence electrons. The summed E-state index contributed by atoms with van der Waals surface area (Å²) in [4.78, 5) is 2.40. The van der Waals surface area contributed by atoms with Crippen LogP contribution in [0.3, 0.4) is 0 Å². The van der Waals surface area contributed by atoms with Gasteiger partial charge in [-0.1, -0.05) is 30.5 Å². The second-order valence-electron chi connectivity index (χ2n) is 6.21. The van der Waals surface area contributed by atoms with Gasteiger partial charge < -0.3 is 5.32 Å². The molecule has 1 saturated heterocycles. The molecule has 3 rings (SSSR count). The van der Waals surface area contributed by atoms with Crippen molar-refractivity contribution in [3.8, 4) is 0 Å². The smallest absolute Gasteiger partial charge is 0.129 e. The van der Waals surface area contributed by atoms with Crippen molar-refractivity contribution in [2.45, 2.75) is 44.2 Å². The van der Waals surface area contributed by atoms with Gasteiger partial charge in [0.2, 0.25) is 0 Å². The molecule has 0 atom stereocenters. The van der Waals surface area contributed by atoms with Crippen LogP contribution in [0.25, 0.3) is 0 Å². The van der Waals surface area contributed by atoms with Crippen LogP contribution in [-0.4, -0.2) is 30.1 Å². The second-order valence-corrected chi connectivity index (χ2v) is 6.65. The third kappa shape index (κ3) is 3.16. The molecule has 1 spiro atoms. The van der Waals surface area contributed by atoms with Crippen molar-refractivity contribution in [3.05, 3.63) is 34.6 Å². The van der Waals surface area contributed by atoms with Crippen LogP contribution >= 0.6 is 11.6 Å². The van der Waals surface area contributed by atoms with Crippen molar-refractivity contribution in [2.24, 2.45) is 0 Å². The Bertz CT molecular complexity index is 472. The molecule has 1 aromatic rings. The molecule has 1 N–H and O–H groups in total. The molecular weight excluding hydrogens is 275 g/mol. The van der Waals surface area contributed by atoms with Crippen LogP contribution in [0.15, 0.2) is 18.2 Å². The first kappa shape index (κ1) is 14.3. The number of rotatable bonds is 2. The molecule has 2 fully saturated rings. The summed E-state index contributed by atoms with van der Waals surface area (Å²) >= 11 is 5.82. The highest BCUT2D eigenvalue weighted by molar-refractivity contribution is 6.30. The van der Waals surface area contributed by atoms with Gasteiger partial charge in [-0.3, -0.25) is 4.90 Å². The first-order valence-electron chi connectivity index (χ1n) is 7.58. The number of benzene rings is 1. The summed E-state index contributed by atoms with van der Waals surface area (Å²) < 4.78 is 13.9. The van der Waals surface area contributed by atoms with E-state index < -0.39 is 0 Å². The predicted molar refractivity (Wildman–Crippen MR) is 80.5 cm³/mol. The summed E-state index contributed by atoms with van der Waals surface area (Å²) in [5.41, 5.74) is 1.03. The van der Waals surface area contributed by atoms with Crippen LogP contribution in [0.5, 0.6) is 0 Å². The molecule has 1 aromatic carbocycles. The molecule has 1 aliphatic heterocycles. The van der Waals surface area contributed by atoms with Crippen LogP contribution in [0.1, 0.15) is 37.7 Å². The molecule has 0 unspecified atom stereocenters. The summed E-state index contributed by atoms with van der Waals surface area (Å²) in [6.07, 6.45) is 6.28. The molecular formula is C16H22ClFN2. The topological polar surface area (TPSA) is 15.3 Å². The number of nitrogens with zero attached hydrogens (tertiary/aromatic N) is 1. The summed E-state index contributed by atoms with van der Waals surface area (Å²) in [7, 11) is 0. The van der Waals surface area contributed by atoms with E-state index in [1.54, 1.807) is 6.07 Å². The summed E-state index contributed by atoms with van der Waals surface area (Å²) in [6.45, 7) is 3.85. The molecule has 4 heteroatoms. The molecule has 2 aliphatic rings. The lowest BCUT2D eigenvalue weighted by Gasteiger charge is -2.33. The van der Waals surface area contributed by atoms with Gasteiger partial charge in [0.1, 0.15) is 5.82 Å². The first-order chi connectivity index (χ1) is 9.67. The van der Waals surface area contributed by atoms with Gasteiger partial charge in [0.15, 0.2) is 0 Å². The number of hydrogen-bond acceptors (Lipinski definition) is 2. The number of nitrogens with one attached hydrogen (secondary N) is 1. The normalized spacial score (nSPS) is 23.1. The molecule has 0 aromatic heterocycles. The highest BCUT2D eigenvalue weighted by Crippen LogP contribution is 2.32. The lowest BCUT2D eigenvalue weighted by Crippen LogP contribution is -2.49. The highest BCUT2D eigenvalue weighted by Gasteiger charge is 2.36. The summed E-state index contributed by atoms with van der Waals surface area (Å²) in [5.74, 6) is -0.185. The minimum absolute atomic E-state index is 0.185. The van der Waals surface area contributed by atoms with Gasteiger partial charge in [0.05, 0.1) is 0 Å². The zero-order chi connectivity index (χ0) is 14.0. The van der Waals surface area contributed by atoms with E-state index in [-0.39, 0.29) is 11.4 Å². The van der Waals surface area contributed by atoms with Gasteiger partial charge in [-0.25, -0.2) is 4.39 Å². The Kier molecular flexibility index (Phi) is 4.29. The Hall–Kier alpha value is -0.640. The Balaban J connectivity index is 1.72. The maximum absolute atomic E-state index is 13.9. The van der Waals surface area contributed by atoms with Crippen molar-refractivity contribution in [2.75, 3.05) is 19.6 Å². The first-order valence-corrected chi connectivity index (χ1v) is 7.96. The van der Waals surface area contributed by atoms with Gasteiger partial charge in [-0.2, -0.15) is 0 Å². The number of hydrogen-bond donors (Lipinski definition) is 1. The third-order valence-electron chi connectivity index (χ3n) is 4.65. The third-order valence-corrected chi connectivity index (χ3v) is 4.88. The highest BCUT2D eigenvalue weighted by atomic mass is 35.5. The number of halogens is 2. The lowest BCUT2D eigenvalue weighted by atomic mass is 9.97. The molecule has 1 aliphatic carbocycles. The fourth-order valence-corrected chi connectivity index (χ4v) is 3.79. The molecule has 20 heavy (non-hydrogen) atoms. The van der Waals surface area contributed by atoms with Crippen LogP contribution in [-0.2, 0) is 6.54 Å². The maximum Gasteiger partial charge on any atom is 0.129 e. The maximum atomic E-state index is 13.9. The molecule has 0 bridgehead atoms. The standard InChI is InChI=1S/C16H22ClFN2/c17-14-5-4-13(15(18)10-14)11-20-9-3-8-19-16(12-20)6-1-2-7-16/h4-5,10,19H,1-3,6-9,11-12H2. The van der Waals surface area contributed by atoms with Crippen molar-refractivity contribution in [1.29, 1.82) is 0 Å². The Morgan fingerprint density at radius 1 is 1.25 bits per heavy atom. The minimum atomic E-state index is -0.185. The van der Waals surface area contributed by atoms with Crippen molar-refractivity contribution >= 4 is 11.6 Å². The van der Waals surface area contributed by atoms with Gasteiger partial charge in [-0.15, -0.1) is 0 Å². The van der Waals surface area contributed by atoms with Gasteiger partial charge in [0.25, 0.3) is 0 Å². The van der Waals surface area contributed by atoms with E-state index in [1.807, 2.05) is 6.07 Å². The largest absolute Gasteiger partial charge is 0.310 e. The van der Waals surface area contributed by atoms with Crippen molar-refractivity contribution in [1.82, 2.24) is 10.2 Å². The van der Waals surface area contributed by atoms with Gasteiger partial charge in [0, 0.05) is 29.2 Å². The van der Waals surface area contributed by atoms with E-state index in [2.05, 4.69) is 10.2 Å². The fraction of sp³-hybridized carbons (Fsp3) is 0.625. The molecule has 2 nitrogen and oxygen atoms in total. The van der Waals surface area contributed by atoms with Gasteiger partial charge in [-0.05, 0) is 44.5 Å². The molecule has 0 radical (unpaired) electrons. The van der Waals surface area contributed by atoms with Crippen molar-refractivity contribution < 1.29 is 4.39 Å². The van der Waals surface area contributed by atoms with Crippen molar-refractivity contribution in [3.63, 3.8) is 0 Å². The SMILES string of the molecule is Fc1cc(Cl)ccc1CN1CCCNC2(CCCC2)C1. The Morgan fingerprint density at radius 2 is 2.05 bits per heavy atom. The zero-order valence-electron chi connectivity index (χ0n) is 11.8. The molecule has 1 saturated carbocycles. The fourth-order valence-electron chi connectivity index (χ4n) is 3.63. The van der Waals surface area contributed by atoms with Crippen LogP contribution in [0.2, 0.25) is 5.02 Å².